The van der Waals surface area contributed by atoms with E-state index in [1.807, 2.05) is 24.3 Å². The highest BCUT2D eigenvalue weighted by Crippen LogP contribution is 2.20. The normalized spacial score (nSPS) is 10.9. The van der Waals surface area contributed by atoms with E-state index in [2.05, 4.69) is 26.2 Å². The molecule has 0 heterocycles. The lowest BCUT2D eigenvalue weighted by molar-refractivity contribution is 0.0719. The zero-order valence-corrected chi connectivity index (χ0v) is 20.0. The van der Waals surface area contributed by atoms with Gasteiger partial charge >= 0.3 is 11.9 Å². The maximum atomic E-state index is 12.3. The molecule has 0 saturated heterocycles. The van der Waals surface area contributed by atoms with Crippen molar-refractivity contribution in [2.24, 2.45) is 0 Å². The van der Waals surface area contributed by atoms with Gasteiger partial charge in [-0.15, -0.1) is 0 Å². The summed E-state index contributed by atoms with van der Waals surface area (Å²) in [6.45, 7) is 8.96. The molecular weight excluding hydrogens is 408 g/mol. The molecule has 0 atom stereocenters. The van der Waals surface area contributed by atoms with Crippen molar-refractivity contribution in [3.63, 3.8) is 0 Å². The van der Waals surface area contributed by atoms with Crippen molar-refractivity contribution in [1.29, 1.82) is 0 Å². The molecule has 0 aliphatic carbocycles. The lowest BCUT2D eigenvalue weighted by atomic mass is 10.2. The van der Waals surface area contributed by atoms with Gasteiger partial charge in [-0.25, -0.2) is 9.59 Å². The van der Waals surface area contributed by atoms with E-state index in [0.717, 1.165) is 0 Å². The molecule has 0 N–H and O–H groups in total. The van der Waals surface area contributed by atoms with Gasteiger partial charge in [0.2, 0.25) is 0 Å². The molecule has 0 fully saturated rings. The summed E-state index contributed by atoms with van der Waals surface area (Å²) in [5, 5.41) is 2.61. The molecule has 0 aliphatic heterocycles. The first-order valence-electron chi connectivity index (χ1n) is 10.1. The molecule has 0 aromatic heterocycles. The fourth-order valence-electron chi connectivity index (χ4n) is 2.92. The minimum Gasteiger partial charge on any atom is -0.423 e. The molecule has 0 bridgehead atoms. The second-order valence-electron chi connectivity index (χ2n) is 7.80. The zero-order valence-electron chi connectivity index (χ0n) is 17.7. The first kappa shape index (κ1) is 21.7. The van der Waals surface area contributed by atoms with Crippen LogP contribution in [-0.4, -0.2) is 29.5 Å². The summed E-state index contributed by atoms with van der Waals surface area (Å²) in [6.07, 6.45) is 0. The fraction of sp³-hybridized carbons (Fsp3) is 0.167. The summed E-state index contributed by atoms with van der Waals surface area (Å²) >= 11 is 0. The zero-order chi connectivity index (χ0) is 21.7. The summed E-state index contributed by atoms with van der Waals surface area (Å²) in [7, 11) is -1.78. The van der Waals surface area contributed by atoms with E-state index in [1.54, 1.807) is 48.5 Å². The van der Waals surface area contributed by atoms with Crippen molar-refractivity contribution in [1.82, 2.24) is 0 Å². The minimum atomic E-state index is -0.889. The quantitative estimate of drug-likeness (QED) is 0.338. The summed E-state index contributed by atoms with van der Waals surface area (Å²) in [5.74, 6) is -0.0299. The average Bonchev–Trinajstić information content (AvgIpc) is 2.75. The molecule has 154 valence electrons. The number of rotatable bonds is 6. The van der Waals surface area contributed by atoms with E-state index in [-0.39, 0.29) is 0 Å². The average molecular weight is 435 g/mol. The molecule has 4 nitrogen and oxygen atoms in total. The highest BCUT2D eigenvalue weighted by atomic mass is 28.3. The Kier molecular flexibility index (Phi) is 7.02. The summed E-state index contributed by atoms with van der Waals surface area (Å²) in [5.41, 5.74) is 1.02. The Morgan fingerprint density at radius 1 is 0.533 bits per heavy atom. The number of hydrogen-bond donors (Lipinski definition) is 0. The van der Waals surface area contributed by atoms with Crippen LogP contribution in [0.1, 0.15) is 20.7 Å². The maximum Gasteiger partial charge on any atom is 0.343 e. The highest BCUT2D eigenvalue weighted by molar-refractivity contribution is 6.71. The smallest absolute Gasteiger partial charge is 0.343 e. The van der Waals surface area contributed by atoms with Gasteiger partial charge in [0.15, 0.2) is 0 Å². The van der Waals surface area contributed by atoms with Crippen LogP contribution in [0.4, 0.5) is 0 Å². The van der Waals surface area contributed by atoms with Crippen LogP contribution in [0, 0.1) is 0 Å². The first-order valence-corrected chi connectivity index (χ1v) is 15.8. The second-order valence-corrected chi connectivity index (χ2v) is 13.8. The van der Waals surface area contributed by atoms with Crippen molar-refractivity contribution < 1.29 is 19.1 Å². The van der Waals surface area contributed by atoms with Gasteiger partial charge in [-0.05, 0) is 48.5 Å². The molecule has 0 saturated carbocycles. The van der Waals surface area contributed by atoms with Gasteiger partial charge in [-0.1, -0.05) is 60.8 Å². The van der Waals surface area contributed by atoms with E-state index >= 15 is 0 Å². The van der Waals surface area contributed by atoms with E-state index in [1.165, 1.54) is 10.4 Å². The molecule has 0 unspecified atom stereocenters. The van der Waals surface area contributed by atoms with Crippen LogP contribution < -0.4 is 19.8 Å². The number of carbonyl (C=O) groups is 2. The Morgan fingerprint density at radius 3 is 1.10 bits per heavy atom. The first-order chi connectivity index (χ1) is 14.3. The Labute approximate surface area is 180 Å². The van der Waals surface area contributed by atoms with E-state index in [0.29, 0.717) is 22.6 Å². The Balaban J connectivity index is 1.60. The summed E-state index contributed by atoms with van der Waals surface area (Å²) < 4.78 is 10.8. The third kappa shape index (κ3) is 5.55. The molecule has 30 heavy (non-hydrogen) atoms. The topological polar surface area (TPSA) is 52.6 Å². The van der Waals surface area contributed by atoms with Crippen LogP contribution in [-0.2, 0) is 0 Å². The number of esters is 2. The number of carbonyl (C=O) groups excluding carboxylic acids is 2. The minimum absolute atomic E-state index is 0.397. The molecule has 0 amide bonds. The Bertz CT molecular complexity index is 924. The fourth-order valence-corrected chi connectivity index (χ4v) is 4.84. The number of hydrogen-bond acceptors (Lipinski definition) is 4. The number of ether oxygens (including phenoxy) is 2. The second kappa shape index (κ2) is 9.69. The van der Waals surface area contributed by atoms with E-state index in [9.17, 15) is 9.59 Å². The Morgan fingerprint density at radius 2 is 0.833 bits per heavy atom. The standard InChI is InChI=1S/C24H26O4Si2/c1-29(2)21-13-5-17(6-14-21)23(25)27-19-9-11-20(12-10-19)28-24(26)18-7-15-22(16-8-18)30(3)4/h5-16,29-30H,1-4H3. The summed E-state index contributed by atoms with van der Waals surface area (Å²) in [4.78, 5) is 24.6. The van der Waals surface area contributed by atoms with Crippen molar-refractivity contribution in [2.45, 2.75) is 26.2 Å². The summed E-state index contributed by atoms with van der Waals surface area (Å²) in [6, 6.07) is 21.6. The lowest BCUT2D eigenvalue weighted by Gasteiger charge is -2.09. The molecule has 3 aromatic carbocycles. The predicted molar refractivity (Wildman–Crippen MR) is 126 cm³/mol. The van der Waals surface area contributed by atoms with Crippen molar-refractivity contribution in [3.8, 4) is 11.5 Å². The third-order valence-corrected chi connectivity index (χ3v) is 8.31. The Hall–Kier alpha value is -2.97. The van der Waals surface area contributed by atoms with Crippen molar-refractivity contribution in [3.05, 3.63) is 83.9 Å². The van der Waals surface area contributed by atoms with Gasteiger partial charge in [0.25, 0.3) is 0 Å². The molecule has 0 radical (unpaired) electrons. The van der Waals surface area contributed by atoms with Gasteiger partial charge < -0.3 is 9.47 Å². The van der Waals surface area contributed by atoms with Gasteiger partial charge in [-0.2, -0.15) is 0 Å². The van der Waals surface area contributed by atoms with E-state index in [4.69, 9.17) is 9.47 Å². The van der Waals surface area contributed by atoms with E-state index < -0.39 is 29.5 Å². The van der Waals surface area contributed by atoms with Crippen molar-refractivity contribution >= 4 is 39.9 Å². The van der Waals surface area contributed by atoms with Crippen LogP contribution in [0.3, 0.4) is 0 Å². The molecule has 0 aliphatic rings. The molecule has 6 heteroatoms. The van der Waals surface area contributed by atoms with Crippen molar-refractivity contribution in [2.75, 3.05) is 0 Å². The highest BCUT2D eigenvalue weighted by Gasteiger charge is 2.12. The van der Waals surface area contributed by atoms with Gasteiger partial charge in [-0.3, -0.25) is 0 Å². The third-order valence-electron chi connectivity index (χ3n) is 4.87. The van der Waals surface area contributed by atoms with Crippen LogP contribution in [0.2, 0.25) is 26.2 Å². The maximum absolute atomic E-state index is 12.3. The van der Waals surface area contributed by atoms with Crippen LogP contribution in [0.5, 0.6) is 11.5 Å². The molecule has 3 aromatic rings. The largest absolute Gasteiger partial charge is 0.423 e. The molecular formula is C24H26O4Si2. The van der Waals surface area contributed by atoms with Gasteiger partial charge in [0, 0.05) is 0 Å². The van der Waals surface area contributed by atoms with Gasteiger partial charge in [0.05, 0.1) is 28.7 Å². The number of benzene rings is 3. The monoisotopic (exact) mass is 434 g/mol. The van der Waals surface area contributed by atoms with Crippen LogP contribution in [0.25, 0.3) is 0 Å². The van der Waals surface area contributed by atoms with Crippen LogP contribution >= 0.6 is 0 Å². The van der Waals surface area contributed by atoms with Crippen LogP contribution in [0.15, 0.2) is 72.8 Å². The SMILES string of the molecule is C[SiH](C)c1ccc(C(=O)Oc2ccc(OC(=O)c3ccc([SiH](C)C)cc3)cc2)cc1. The van der Waals surface area contributed by atoms with Gasteiger partial charge in [0.1, 0.15) is 11.5 Å². The molecule has 3 rings (SSSR count). The lowest BCUT2D eigenvalue weighted by Crippen LogP contribution is -2.22. The predicted octanol–water partition coefficient (Wildman–Crippen LogP) is 3.51. The molecule has 0 spiro atoms.